The van der Waals surface area contributed by atoms with Gasteiger partial charge >= 0.3 is 0 Å². The fourth-order valence-corrected chi connectivity index (χ4v) is 1.58. The smallest absolute Gasteiger partial charge is 0.166 e. The van der Waals surface area contributed by atoms with Crippen molar-refractivity contribution >= 4 is 11.5 Å². The van der Waals surface area contributed by atoms with Gasteiger partial charge in [-0.2, -0.15) is 0 Å². The van der Waals surface area contributed by atoms with Crippen molar-refractivity contribution in [2.45, 2.75) is 33.6 Å². The van der Waals surface area contributed by atoms with Crippen molar-refractivity contribution in [2.24, 2.45) is 5.73 Å². The van der Waals surface area contributed by atoms with E-state index in [-0.39, 0.29) is 11.5 Å². The first-order chi connectivity index (χ1) is 8.49. The monoisotopic (exact) mass is 246 g/mol. The lowest BCUT2D eigenvalue weighted by Crippen LogP contribution is -2.18. The molecular weight excluding hydrogens is 224 g/mol. The maximum atomic E-state index is 12.0. The molecule has 3 nitrogen and oxygen atoms in total. The van der Waals surface area contributed by atoms with Crippen molar-refractivity contribution in [1.29, 1.82) is 5.41 Å². The molecule has 3 N–H and O–H groups in total. The molecule has 0 fully saturated rings. The Hall–Kier alpha value is -1.90. The van der Waals surface area contributed by atoms with Crippen molar-refractivity contribution in [3.63, 3.8) is 0 Å². The summed E-state index contributed by atoms with van der Waals surface area (Å²) in [6.07, 6.45) is 8.03. The summed E-state index contributed by atoms with van der Waals surface area (Å²) in [5, 5.41) is 8.12. The van der Waals surface area contributed by atoms with Crippen molar-refractivity contribution < 1.29 is 4.79 Å². The van der Waals surface area contributed by atoms with E-state index in [1.807, 2.05) is 19.9 Å². The minimum absolute atomic E-state index is 0.0815. The summed E-state index contributed by atoms with van der Waals surface area (Å²) >= 11 is 0. The number of rotatable bonds is 7. The number of Topliss-reactive ketones (excluding diaryl/α,β-unsaturated/α-hetero) is 1. The van der Waals surface area contributed by atoms with E-state index in [2.05, 4.69) is 6.58 Å². The van der Waals surface area contributed by atoms with Crippen LogP contribution in [-0.4, -0.2) is 11.5 Å². The van der Waals surface area contributed by atoms with Crippen molar-refractivity contribution in [2.75, 3.05) is 0 Å². The van der Waals surface area contributed by atoms with Crippen LogP contribution in [0.5, 0.6) is 0 Å². The third-order valence-electron chi connectivity index (χ3n) is 2.33. The second-order valence-electron chi connectivity index (χ2n) is 3.96. The van der Waals surface area contributed by atoms with Gasteiger partial charge in [-0.15, -0.1) is 0 Å². The average molecular weight is 246 g/mol. The molecular formula is C15H22N2O. The summed E-state index contributed by atoms with van der Waals surface area (Å²) in [5.41, 5.74) is 7.23. The van der Waals surface area contributed by atoms with Gasteiger partial charge in [0.2, 0.25) is 0 Å². The Labute approximate surface area is 109 Å². The summed E-state index contributed by atoms with van der Waals surface area (Å²) in [6.45, 7) is 9.05. The van der Waals surface area contributed by atoms with E-state index in [0.717, 1.165) is 6.42 Å². The van der Waals surface area contributed by atoms with E-state index >= 15 is 0 Å². The molecule has 0 atom stereocenters. The highest BCUT2D eigenvalue weighted by Crippen LogP contribution is 2.14. The van der Waals surface area contributed by atoms with Gasteiger partial charge < -0.3 is 5.73 Å². The predicted octanol–water partition coefficient (Wildman–Crippen LogP) is 3.30. The fraction of sp³-hybridized carbons (Fsp3) is 0.333. The maximum Gasteiger partial charge on any atom is 0.166 e. The lowest BCUT2D eigenvalue weighted by Gasteiger charge is -2.11. The van der Waals surface area contributed by atoms with Crippen LogP contribution in [0.4, 0.5) is 0 Å². The first kappa shape index (κ1) is 16.1. The van der Waals surface area contributed by atoms with Crippen molar-refractivity contribution in [1.82, 2.24) is 0 Å². The predicted molar refractivity (Wildman–Crippen MR) is 77.6 cm³/mol. The van der Waals surface area contributed by atoms with E-state index in [9.17, 15) is 4.79 Å². The molecule has 0 aliphatic rings. The highest BCUT2D eigenvalue weighted by Gasteiger charge is 2.17. The summed E-state index contributed by atoms with van der Waals surface area (Å²) < 4.78 is 0. The summed E-state index contributed by atoms with van der Waals surface area (Å²) in [6, 6.07) is 0. The highest BCUT2D eigenvalue weighted by atomic mass is 16.1. The molecule has 18 heavy (non-hydrogen) atoms. The van der Waals surface area contributed by atoms with Crippen molar-refractivity contribution in [3.8, 4) is 0 Å². The topological polar surface area (TPSA) is 66.9 Å². The molecule has 0 saturated carbocycles. The van der Waals surface area contributed by atoms with Crippen LogP contribution in [0.1, 0.15) is 33.6 Å². The zero-order valence-electron chi connectivity index (χ0n) is 11.4. The van der Waals surface area contributed by atoms with Crippen LogP contribution in [-0.2, 0) is 4.79 Å². The van der Waals surface area contributed by atoms with Gasteiger partial charge in [-0.3, -0.25) is 10.2 Å². The second-order valence-corrected chi connectivity index (χ2v) is 3.96. The molecule has 0 aromatic heterocycles. The molecule has 0 bridgehead atoms. The normalized spacial score (nSPS) is 13.4. The Morgan fingerprint density at radius 2 is 2.06 bits per heavy atom. The Bertz CT molecular complexity index is 422. The van der Waals surface area contributed by atoms with Crippen LogP contribution in [0.15, 0.2) is 47.7 Å². The van der Waals surface area contributed by atoms with Crippen LogP contribution >= 0.6 is 0 Å². The Morgan fingerprint density at radius 3 is 2.44 bits per heavy atom. The second kappa shape index (κ2) is 8.23. The number of hydrogen-bond donors (Lipinski definition) is 2. The number of nitrogens with two attached hydrogens (primary N) is 1. The van der Waals surface area contributed by atoms with E-state index in [0.29, 0.717) is 23.3 Å². The van der Waals surface area contributed by atoms with Gasteiger partial charge in [-0.05, 0) is 25.8 Å². The maximum absolute atomic E-state index is 12.0. The van der Waals surface area contributed by atoms with Crippen LogP contribution < -0.4 is 5.73 Å². The van der Waals surface area contributed by atoms with E-state index < -0.39 is 0 Å². The number of ketones is 1. The minimum Gasteiger partial charge on any atom is -0.402 e. The molecule has 98 valence electrons. The van der Waals surface area contributed by atoms with Gasteiger partial charge in [0.25, 0.3) is 0 Å². The summed E-state index contributed by atoms with van der Waals surface area (Å²) in [4.78, 5) is 12.0. The molecule has 0 amide bonds. The van der Waals surface area contributed by atoms with Crippen LogP contribution in [0, 0.1) is 5.41 Å². The molecule has 0 unspecified atom stereocenters. The van der Waals surface area contributed by atoms with E-state index in [4.69, 9.17) is 11.1 Å². The van der Waals surface area contributed by atoms with Gasteiger partial charge in [0, 0.05) is 12.1 Å². The van der Waals surface area contributed by atoms with E-state index in [1.165, 1.54) is 0 Å². The first-order valence-corrected chi connectivity index (χ1v) is 6.03. The summed E-state index contributed by atoms with van der Waals surface area (Å²) in [7, 11) is 0. The quantitative estimate of drug-likeness (QED) is 0.411. The van der Waals surface area contributed by atoms with Gasteiger partial charge in [-0.1, -0.05) is 37.8 Å². The SMILES string of the molecule is C=C/C=C(\C=C/C)C(=N)/C(C(=O)CCC)=C(/C)N. The number of hydrogen-bond acceptors (Lipinski definition) is 3. The number of carbonyl (C=O) groups is 1. The fourth-order valence-electron chi connectivity index (χ4n) is 1.58. The lowest BCUT2D eigenvalue weighted by molar-refractivity contribution is -0.115. The van der Waals surface area contributed by atoms with Gasteiger partial charge in [-0.25, -0.2) is 0 Å². The van der Waals surface area contributed by atoms with Gasteiger partial charge in [0.05, 0.1) is 11.3 Å². The lowest BCUT2D eigenvalue weighted by atomic mass is 9.94. The molecule has 0 saturated heterocycles. The van der Waals surface area contributed by atoms with Crippen LogP contribution in [0.3, 0.4) is 0 Å². The molecule has 0 radical (unpaired) electrons. The summed E-state index contributed by atoms with van der Waals surface area (Å²) in [5.74, 6) is -0.0815. The minimum atomic E-state index is -0.0815. The highest BCUT2D eigenvalue weighted by molar-refractivity contribution is 6.28. The molecule has 0 aliphatic heterocycles. The standard InChI is InChI=1S/C15H22N2O/c1-5-8-12(9-6-2)15(17)14(11(4)16)13(18)10-7-3/h5-6,8-9,17H,1,7,10,16H2,2-4H3/b9-6-,12-8+,14-11-,17-15?. The zero-order chi connectivity index (χ0) is 14.1. The molecule has 0 spiro atoms. The van der Waals surface area contributed by atoms with E-state index in [1.54, 1.807) is 25.2 Å². The number of nitrogens with one attached hydrogen (secondary N) is 1. The number of allylic oxidation sites excluding steroid dienone is 7. The average Bonchev–Trinajstić information content (AvgIpc) is 2.28. The van der Waals surface area contributed by atoms with Gasteiger partial charge in [0.15, 0.2) is 5.78 Å². The zero-order valence-corrected chi connectivity index (χ0v) is 11.4. The third kappa shape index (κ3) is 4.53. The molecule has 0 heterocycles. The number of carbonyl (C=O) groups excluding carboxylic acids is 1. The Balaban J connectivity index is 5.48. The molecule has 0 aromatic carbocycles. The molecule has 0 aliphatic carbocycles. The third-order valence-corrected chi connectivity index (χ3v) is 2.33. The molecule has 0 rings (SSSR count). The Kier molecular flexibility index (Phi) is 7.36. The Morgan fingerprint density at radius 1 is 1.44 bits per heavy atom. The largest absolute Gasteiger partial charge is 0.402 e. The van der Waals surface area contributed by atoms with Crippen LogP contribution in [0.2, 0.25) is 0 Å². The van der Waals surface area contributed by atoms with Gasteiger partial charge in [0.1, 0.15) is 0 Å². The molecule has 3 heteroatoms. The van der Waals surface area contributed by atoms with Crippen LogP contribution in [0.25, 0.3) is 0 Å². The first-order valence-electron chi connectivity index (χ1n) is 6.03. The van der Waals surface area contributed by atoms with Crippen molar-refractivity contribution in [3.05, 3.63) is 47.7 Å². The molecule has 0 aromatic rings.